The van der Waals surface area contributed by atoms with E-state index in [1.54, 1.807) is 0 Å². The van der Waals surface area contributed by atoms with Crippen LogP contribution in [-0.4, -0.2) is 37.5 Å². The molecule has 6 heteroatoms. The summed E-state index contributed by atoms with van der Waals surface area (Å²) in [5.41, 5.74) is 0. The minimum Gasteiger partial charge on any atom is -0.481 e. The number of carboxylic acid groups (broad SMARTS) is 1. The fraction of sp³-hybridized carbons (Fsp3) is 0.667. The first kappa shape index (κ1) is 12.4. The molecule has 1 N–H and O–H groups in total. The summed E-state index contributed by atoms with van der Waals surface area (Å²) in [4.78, 5) is 23.9. The third-order valence-corrected chi connectivity index (χ3v) is 3.88. The number of carbonyl (C=O) groups excluding carboxylic acids is 1. The van der Waals surface area contributed by atoms with Crippen LogP contribution in [0.4, 0.5) is 0 Å². The molecule has 84 valence electrons. The normalized spacial score (nSPS) is 23.3. The number of thiocarbonyl (C=S) groups is 1. The number of hydrogen-bond donors (Lipinski definition) is 1. The molecule has 0 saturated carbocycles. The van der Waals surface area contributed by atoms with Gasteiger partial charge in [-0.1, -0.05) is 30.9 Å². The zero-order valence-corrected chi connectivity index (χ0v) is 10.2. The van der Waals surface area contributed by atoms with Gasteiger partial charge in [0.25, 0.3) is 0 Å². The van der Waals surface area contributed by atoms with Gasteiger partial charge in [-0.05, 0) is 13.3 Å². The van der Waals surface area contributed by atoms with Gasteiger partial charge in [0, 0.05) is 6.04 Å². The van der Waals surface area contributed by atoms with E-state index in [0.717, 1.165) is 6.42 Å². The first-order valence-corrected chi connectivity index (χ1v) is 6.01. The van der Waals surface area contributed by atoms with E-state index in [2.05, 4.69) is 0 Å². The summed E-state index contributed by atoms with van der Waals surface area (Å²) in [7, 11) is 0. The number of carbonyl (C=O) groups is 2. The van der Waals surface area contributed by atoms with Crippen LogP contribution in [0.2, 0.25) is 0 Å². The Balaban J connectivity index is 2.74. The van der Waals surface area contributed by atoms with Gasteiger partial charge in [-0.3, -0.25) is 14.5 Å². The molecule has 0 radical (unpaired) electrons. The SMILES string of the molecule is CCC(C)N1C(=O)C(CC(=O)O)SC1=S. The average Bonchev–Trinajstić information content (AvgIpc) is 2.40. The van der Waals surface area contributed by atoms with Crippen molar-refractivity contribution in [3.05, 3.63) is 0 Å². The van der Waals surface area contributed by atoms with Crippen LogP contribution >= 0.6 is 24.0 Å². The molecule has 2 atom stereocenters. The number of rotatable bonds is 4. The molecule has 1 heterocycles. The van der Waals surface area contributed by atoms with E-state index < -0.39 is 11.2 Å². The summed E-state index contributed by atoms with van der Waals surface area (Å²) >= 11 is 6.25. The lowest BCUT2D eigenvalue weighted by Gasteiger charge is -2.22. The van der Waals surface area contributed by atoms with Crippen LogP contribution in [0, 0.1) is 0 Å². The summed E-state index contributed by atoms with van der Waals surface area (Å²) in [5.74, 6) is -1.13. The molecule has 0 bridgehead atoms. The Morgan fingerprint density at radius 2 is 2.33 bits per heavy atom. The fourth-order valence-corrected chi connectivity index (χ4v) is 3.03. The van der Waals surface area contributed by atoms with Crippen molar-refractivity contribution in [3.63, 3.8) is 0 Å². The molecule has 1 fully saturated rings. The van der Waals surface area contributed by atoms with Crippen LogP contribution in [-0.2, 0) is 9.59 Å². The van der Waals surface area contributed by atoms with Crippen molar-refractivity contribution in [2.45, 2.75) is 38.0 Å². The largest absolute Gasteiger partial charge is 0.481 e. The van der Waals surface area contributed by atoms with Crippen molar-refractivity contribution in [2.75, 3.05) is 0 Å². The highest BCUT2D eigenvalue weighted by Crippen LogP contribution is 2.31. The molecule has 1 saturated heterocycles. The molecule has 2 unspecified atom stereocenters. The molecule has 1 rings (SSSR count). The van der Waals surface area contributed by atoms with Gasteiger partial charge >= 0.3 is 5.97 Å². The second-order valence-electron chi connectivity index (χ2n) is 3.44. The lowest BCUT2D eigenvalue weighted by Crippen LogP contribution is -2.38. The summed E-state index contributed by atoms with van der Waals surface area (Å²) in [6, 6.07) is 0.0521. The van der Waals surface area contributed by atoms with Crippen LogP contribution in [0.1, 0.15) is 26.7 Å². The van der Waals surface area contributed by atoms with Gasteiger partial charge in [-0.2, -0.15) is 0 Å². The van der Waals surface area contributed by atoms with Gasteiger partial charge in [0.05, 0.1) is 6.42 Å². The van der Waals surface area contributed by atoms with Gasteiger partial charge in [0.15, 0.2) is 0 Å². The van der Waals surface area contributed by atoms with Crippen molar-refractivity contribution >= 4 is 40.2 Å². The Hall–Kier alpha value is -0.620. The van der Waals surface area contributed by atoms with Crippen molar-refractivity contribution in [3.8, 4) is 0 Å². The van der Waals surface area contributed by atoms with Gasteiger partial charge in [0.1, 0.15) is 9.57 Å². The zero-order chi connectivity index (χ0) is 11.6. The Labute approximate surface area is 98.0 Å². The van der Waals surface area contributed by atoms with Gasteiger partial charge in [-0.15, -0.1) is 0 Å². The number of hydrogen-bond acceptors (Lipinski definition) is 4. The van der Waals surface area contributed by atoms with E-state index in [1.165, 1.54) is 16.7 Å². The number of amides is 1. The lowest BCUT2D eigenvalue weighted by atomic mass is 10.2. The van der Waals surface area contributed by atoms with E-state index in [1.807, 2.05) is 13.8 Å². The highest BCUT2D eigenvalue weighted by Gasteiger charge is 2.39. The second kappa shape index (κ2) is 4.94. The minimum absolute atomic E-state index is 0.0521. The van der Waals surface area contributed by atoms with Crippen molar-refractivity contribution < 1.29 is 14.7 Å². The van der Waals surface area contributed by atoms with E-state index in [0.29, 0.717) is 4.32 Å². The van der Waals surface area contributed by atoms with Crippen molar-refractivity contribution in [1.29, 1.82) is 0 Å². The molecule has 1 amide bonds. The number of carboxylic acids is 1. The van der Waals surface area contributed by atoms with Crippen LogP contribution in [0.15, 0.2) is 0 Å². The molecule has 0 aromatic carbocycles. The number of nitrogens with zero attached hydrogens (tertiary/aromatic N) is 1. The zero-order valence-electron chi connectivity index (χ0n) is 8.60. The Morgan fingerprint density at radius 3 is 2.80 bits per heavy atom. The Kier molecular flexibility index (Phi) is 4.10. The van der Waals surface area contributed by atoms with Gasteiger partial charge < -0.3 is 5.11 Å². The summed E-state index contributed by atoms with van der Waals surface area (Å²) < 4.78 is 0.501. The van der Waals surface area contributed by atoms with E-state index in [-0.39, 0.29) is 18.4 Å². The maximum absolute atomic E-state index is 11.8. The molecule has 0 aromatic heterocycles. The molecule has 0 spiro atoms. The smallest absolute Gasteiger partial charge is 0.305 e. The minimum atomic E-state index is -0.963. The molecule has 1 aliphatic rings. The maximum atomic E-state index is 11.8. The highest BCUT2D eigenvalue weighted by molar-refractivity contribution is 8.24. The van der Waals surface area contributed by atoms with Crippen molar-refractivity contribution in [1.82, 2.24) is 4.90 Å². The quantitative estimate of drug-likeness (QED) is 0.763. The second-order valence-corrected chi connectivity index (χ2v) is 5.27. The third kappa shape index (κ3) is 2.69. The molecule has 4 nitrogen and oxygen atoms in total. The van der Waals surface area contributed by atoms with Crippen LogP contribution in [0.3, 0.4) is 0 Å². The van der Waals surface area contributed by atoms with Gasteiger partial charge in [0.2, 0.25) is 5.91 Å². The summed E-state index contributed by atoms with van der Waals surface area (Å²) in [6.07, 6.45) is 0.656. The Bertz CT molecular complexity index is 306. The predicted octanol–water partition coefficient (Wildman–Crippen LogP) is 1.49. The van der Waals surface area contributed by atoms with Crippen molar-refractivity contribution in [2.24, 2.45) is 0 Å². The molecular formula is C9H13NO3S2. The number of thioether (sulfide) groups is 1. The Morgan fingerprint density at radius 1 is 1.73 bits per heavy atom. The molecule has 0 aromatic rings. The molecule has 15 heavy (non-hydrogen) atoms. The monoisotopic (exact) mass is 247 g/mol. The number of aliphatic carboxylic acids is 1. The summed E-state index contributed by atoms with van der Waals surface area (Å²) in [5, 5.41) is 8.09. The van der Waals surface area contributed by atoms with E-state index >= 15 is 0 Å². The first-order chi connectivity index (χ1) is 6.97. The van der Waals surface area contributed by atoms with E-state index in [9.17, 15) is 9.59 Å². The third-order valence-electron chi connectivity index (χ3n) is 2.34. The molecule has 0 aliphatic carbocycles. The van der Waals surface area contributed by atoms with Crippen LogP contribution in [0.25, 0.3) is 0 Å². The lowest BCUT2D eigenvalue weighted by molar-refractivity contribution is -0.139. The van der Waals surface area contributed by atoms with Crippen LogP contribution < -0.4 is 0 Å². The van der Waals surface area contributed by atoms with E-state index in [4.69, 9.17) is 17.3 Å². The fourth-order valence-electron chi connectivity index (χ4n) is 1.34. The standard InChI is InChI=1S/C9H13NO3S2/c1-3-5(2)10-8(13)6(4-7(11)12)15-9(10)14/h5-6H,3-4H2,1-2H3,(H,11,12). The highest BCUT2D eigenvalue weighted by atomic mass is 32.2. The molecular weight excluding hydrogens is 234 g/mol. The average molecular weight is 247 g/mol. The predicted molar refractivity (Wildman–Crippen MR) is 62.8 cm³/mol. The molecule has 1 aliphatic heterocycles. The first-order valence-electron chi connectivity index (χ1n) is 4.72. The topological polar surface area (TPSA) is 57.6 Å². The van der Waals surface area contributed by atoms with Gasteiger partial charge in [-0.25, -0.2) is 0 Å². The summed E-state index contributed by atoms with van der Waals surface area (Å²) in [6.45, 7) is 3.88. The maximum Gasteiger partial charge on any atom is 0.305 e. The van der Waals surface area contributed by atoms with Crippen LogP contribution in [0.5, 0.6) is 0 Å².